The van der Waals surface area contributed by atoms with Gasteiger partial charge < -0.3 is 11.1 Å². The van der Waals surface area contributed by atoms with E-state index >= 15 is 0 Å². The van der Waals surface area contributed by atoms with Gasteiger partial charge in [0.25, 0.3) is 0 Å². The molecule has 0 aliphatic carbocycles. The van der Waals surface area contributed by atoms with Crippen molar-refractivity contribution >= 4 is 11.6 Å². The zero-order chi connectivity index (χ0) is 14.1. The van der Waals surface area contributed by atoms with E-state index in [0.717, 1.165) is 18.2 Å². The van der Waals surface area contributed by atoms with E-state index in [1.54, 1.807) is 0 Å². The molecule has 0 aliphatic heterocycles. The molecule has 0 aromatic carbocycles. The molecule has 0 saturated carbocycles. The van der Waals surface area contributed by atoms with Crippen molar-refractivity contribution in [1.82, 2.24) is 9.97 Å². The summed E-state index contributed by atoms with van der Waals surface area (Å²) in [6.45, 7) is 7.35. The van der Waals surface area contributed by atoms with Crippen molar-refractivity contribution in [3.05, 3.63) is 11.9 Å². The van der Waals surface area contributed by atoms with E-state index in [1.165, 1.54) is 38.5 Å². The van der Waals surface area contributed by atoms with Crippen molar-refractivity contribution in [2.75, 3.05) is 17.6 Å². The number of anilines is 2. The van der Waals surface area contributed by atoms with E-state index in [4.69, 9.17) is 5.73 Å². The zero-order valence-corrected chi connectivity index (χ0v) is 12.6. The molecule has 3 N–H and O–H groups in total. The van der Waals surface area contributed by atoms with Crippen LogP contribution >= 0.6 is 0 Å². The molecule has 19 heavy (non-hydrogen) atoms. The molecule has 0 fully saturated rings. The highest BCUT2D eigenvalue weighted by Crippen LogP contribution is 2.15. The molecule has 0 unspecified atom stereocenters. The maximum atomic E-state index is 5.79. The minimum Gasteiger partial charge on any atom is -0.384 e. The molecule has 108 valence electrons. The summed E-state index contributed by atoms with van der Waals surface area (Å²) < 4.78 is 0. The Kier molecular flexibility index (Phi) is 7.23. The number of nitrogens with zero attached hydrogens (tertiary/aromatic N) is 2. The Morgan fingerprint density at radius 3 is 2.47 bits per heavy atom. The lowest BCUT2D eigenvalue weighted by Gasteiger charge is -2.10. The average Bonchev–Trinajstić information content (AvgIpc) is 2.37. The first-order valence-electron chi connectivity index (χ1n) is 7.51. The number of unbranched alkanes of at least 4 members (excludes halogenated alkanes) is 5. The third-order valence-corrected chi connectivity index (χ3v) is 3.12. The lowest BCUT2D eigenvalue weighted by atomic mass is 10.1. The van der Waals surface area contributed by atoms with Crippen LogP contribution in [0, 0.1) is 0 Å². The first kappa shape index (κ1) is 15.7. The van der Waals surface area contributed by atoms with Crippen LogP contribution in [0.4, 0.5) is 11.6 Å². The van der Waals surface area contributed by atoms with Gasteiger partial charge in [0.1, 0.15) is 17.5 Å². The topological polar surface area (TPSA) is 63.8 Å². The van der Waals surface area contributed by atoms with Crippen molar-refractivity contribution in [3.63, 3.8) is 0 Å². The highest BCUT2D eigenvalue weighted by Gasteiger charge is 2.05. The van der Waals surface area contributed by atoms with Gasteiger partial charge in [0.15, 0.2) is 0 Å². The Morgan fingerprint density at radius 1 is 1.11 bits per heavy atom. The summed E-state index contributed by atoms with van der Waals surface area (Å²) in [4.78, 5) is 8.72. The predicted octanol–water partition coefficient (Wildman–Crippen LogP) is 3.95. The van der Waals surface area contributed by atoms with Crippen molar-refractivity contribution in [1.29, 1.82) is 0 Å². The minimum absolute atomic E-state index is 0.304. The summed E-state index contributed by atoms with van der Waals surface area (Å²) in [5, 5.41) is 3.34. The van der Waals surface area contributed by atoms with Gasteiger partial charge in [-0.3, -0.25) is 0 Å². The number of rotatable bonds is 9. The fourth-order valence-corrected chi connectivity index (χ4v) is 1.96. The van der Waals surface area contributed by atoms with Crippen molar-refractivity contribution < 1.29 is 0 Å². The van der Waals surface area contributed by atoms with Crippen LogP contribution < -0.4 is 11.1 Å². The Hall–Kier alpha value is -1.32. The van der Waals surface area contributed by atoms with Gasteiger partial charge in [-0.05, 0) is 6.42 Å². The molecule has 1 rings (SSSR count). The first-order chi connectivity index (χ1) is 9.13. The van der Waals surface area contributed by atoms with Crippen LogP contribution in [0.25, 0.3) is 0 Å². The second kappa shape index (κ2) is 8.73. The van der Waals surface area contributed by atoms with Gasteiger partial charge in [0, 0.05) is 18.5 Å². The molecule has 1 heterocycles. The highest BCUT2D eigenvalue weighted by atomic mass is 15.0. The number of nitrogens with one attached hydrogen (secondary N) is 1. The molecule has 4 heteroatoms. The Morgan fingerprint density at radius 2 is 1.79 bits per heavy atom. The maximum Gasteiger partial charge on any atom is 0.135 e. The van der Waals surface area contributed by atoms with Crippen LogP contribution in [0.3, 0.4) is 0 Å². The Bertz CT molecular complexity index is 363. The monoisotopic (exact) mass is 264 g/mol. The predicted molar refractivity (Wildman–Crippen MR) is 82.4 cm³/mol. The summed E-state index contributed by atoms with van der Waals surface area (Å²) >= 11 is 0. The van der Waals surface area contributed by atoms with E-state index in [0.29, 0.717) is 11.7 Å². The van der Waals surface area contributed by atoms with Crippen molar-refractivity contribution in [2.24, 2.45) is 0 Å². The second-order valence-corrected chi connectivity index (χ2v) is 5.39. The van der Waals surface area contributed by atoms with Crippen LogP contribution in [0.5, 0.6) is 0 Å². The smallest absolute Gasteiger partial charge is 0.135 e. The second-order valence-electron chi connectivity index (χ2n) is 5.39. The zero-order valence-electron chi connectivity index (χ0n) is 12.6. The number of aromatic nitrogens is 2. The lowest BCUT2D eigenvalue weighted by molar-refractivity contribution is 0.616. The molecular formula is C15H28N4. The minimum atomic E-state index is 0.304. The molecule has 0 saturated heterocycles. The van der Waals surface area contributed by atoms with Gasteiger partial charge in [-0.25, -0.2) is 9.97 Å². The van der Waals surface area contributed by atoms with Crippen LogP contribution in [0.2, 0.25) is 0 Å². The largest absolute Gasteiger partial charge is 0.384 e. The highest BCUT2D eigenvalue weighted by molar-refractivity contribution is 5.44. The standard InChI is InChI=1S/C15H28N4/c1-4-5-6-7-8-9-10-17-14-11-13(16)18-15(19-14)12(2)3/h11-12H,4-10H2,1-3H3,(H3,16,17,18,19). The molecule has 1 aromatic rings. The average molecular weight is 264 g/mol. The third-order valence-electron chi connectivity index (χ3n) is 3.12. The summed E-state index contributed by atoms with van der Waals surface area (Å²) in [5.74, 6) is 2.51. The maximum absolute atomic E-state index is 5.79. The van der Waals surface area contributed by atoms with Gasteiger partial charge in [0.2, 0.25) is 0 Å². The molecule has 0 atom stereocenters. The van der Waals surface area contributed by atoms with Gasteiger partial charge >= 0.3 is 0 Å². The molecular weight excluding hydrogens is 236 g/mol. The summed E-state index contributed by atoms with van der Waals surface area (Å²) in [6, 6.07) is 1.81. The van der Waals surface area contributed by atoms with Crippen molar-refractivity contribution in [3.8, 4) is 0 Å². The van der Waals surface area contributed by atoms with Crippen molar-refractivity contribution in [2.45, 2.75) is 65.2 Å². The van der Waals surface area contributed by atoms with Gasteiger partial charge in [-0.1, -0.05) is 52.9 Å². The Balaban J connectivity index is 2.29. The number of nitrogen functional groups attached to an aromatic ring is 1. The van der Waals surface area contributed by atoms with E-state index < -0.39 is 0 Å². The first-order valence-corrected chi connectivity index (χ1v) is 7.51. The van der Waals surface area contributed by atoms with Crippen LogP contribution in [-0.4, -0.2) is 16.5 Å². The summed E-state index contributed by atoms with van der Waals surface area (Å²) in [7, 11) is 0. The normalized spacial score (nSPS) is 10.9. The van der Waals surface area contributed by atoms with E-state index in [9.17, 15) is 0 Å². The summed E-state index contributed by atoms with van der Waals surface area (Å²) in [6.07, 6.45) is 7.81. The molecule has 0 spiro atoms. The fraction of sp³-hybridized carbons (Fsp3) is 0.733. The number of hydrogen-bond acceptors (Lipinski definition) is 4. The van der Waals surface area contributed by atoms with Gasteiger partial charge in [-0.2, -0.15) is 0 Å². The third kappa shape index (κ3) is 6.41. The number of nitrogens with two attached hydrogens (primary N) is 1. The molecule has 1 aromatic heterocycles. The molecule has 4 nitrogen and oxygen atoms in total. The van der Waals surface area contributed by atoms with Gasteiger partial charge in [0.05, 0.1) is 0 Å². The van der Waals surface area contributed by atoms with Gasteiger partial charge in [-0.15, -0.1) is 0 Å². The molecule has 0 aliphatic rings. The molecule has 0 bridgehead atoms. The van der Waals surface area contributed by atoms with Crippen LogP contribution in [-0.2, 0) is 0 Å². The number of hydrogen-bond donors (Lipinski definition) is 2. The lowest BCUT2D eigenvalue weighted by Crippen LogP contribution is -2.08. The SMILES string of the molecule is CCCCCCCCNc1cc(N)nc(C(C)C)n1. The Labute approximate surface area is 117 Å². The van der Waals surface area contributed by atoms with E-state index in [1.807, 2.05) is 6.07 Å². The quantitative estimate of drug-likeness (QED) is 0.663. The molecule has 0 radical (unpaired) electrons. The van der Waals surface area contributed by atoms with Crippen LogP contribution in [0.15, 0.2) is 6.07 Å². The van der Waals surface area contributed by atoms with Crippen LogP contribution in [0.1, 0.15) is 71.0 Å². The van der Waals surface area contributed by atoms with E-state index in [-0.39, 0.29) is 0 Å². The van der Waals surface area contributed by atoms with E-state index in [2.05, 4.69) is 36.1 Å². The fourth-order valence-electron chi connectivity index (χ4n) is 1.96. The molecule has 0 amide bonds. The summed E-state index contributed by atoms with van der Waals surface area (Å²) in [5.41, 5.74) is 5.79.